The van der Waals surface area contributed by atoms with E-state index in [0.29, 0.717) is 0 Å². The van der Waals surface area contributed by atoms with Gasteiger partial charge in [0.25, 0.3) is 0 Å². The number of hydrogen-bond acceptors (Lipinski definition) is 0. The molecule has 56 valence electrons. The van der Waals surface area contributed by atoms with Crippen molar-refractivity contribution in [1.82, 2.24) is 0 Å². The van der Waals surface area contributed by atoms with Gasteiger partial charge in [-0.15, -0.1) is 0 Å². The highest BCUT2D eigenvalue weighted by Gasteiger charge is 2.41. The van der Waals surface area contributed by atoms with Crippen LogP contribution in [0.25, 0.3) is 0 Å². The van der Waals surface area contributed by atoms with Crippen LogP contribution in [0.5, 0.6) is 0 Å². The van der Waals surface area contributed by atoms with Crippen LogP contribution in [0, 0.1) is 0 Å². The van der Waals surface area contributed by atoms with Crippen molar-refractivity contribution < 1.29 is 0 Å². The Bertz CT molecular complexity index is 95.2. The molecule has 0 radical (unpaired) electrons. The van der Waals surface area contributed by atoms with Crippen molar-refractivity contribution in [3.63, 3.8) is 0 Å². The van der Waals surface area contributed by atoms with Gasteiger partial charge in [0.05, 0.1) is 0 Å². The van der Waals surface area contributed by atoms with Crippen LogP contribution >= 0.6 is 75.3 Å². The van der Waals surface area contributed by atoms with Crippen LogP contribution in [0.4, 0.5) is 0 Å². The highest BCUT2D eigenvalue weighted by Crippen LogP contribution is 2.52. The van der Waals surface area contributed by atoms with E-state index in [1.54, 1.807) is 0 Å². The van der Waals surface area contributed by atoms with Crippen molar-refractivity contribution in [2.45, 2.75) is 19.3 Å². The molecular formula is C4H5Br4Cl. The second-order valence-electron chi connectivity index (χ2n) is 1.56. The summed E-state index contributed by atoms with van der Waals surface area (Å²) in [6.07, 6.45) is 0.868. The van der Waals surface area contributed by atoms with Gasteiger partial charge in [-0.25, -0.2) is 0 Å². The van der Waals surface area contributed by atoms with Gasteiger partial charge >= 0.3 is 0 Å². The summed E-state index contributed by atoms with van der Waals surface area (Å²) in [5, 5.41) is 0. The predicted molar refractivity (Wildman–Crippen MR) is 57.3 cm³/mol. The average Bonchev–Trinajstić information content (AvgIpc) is 1.64. The summed E-state index contributed by atoms with van der Waals surface area (Å²) in [5.41, 5.74) is 0. The van der Waals surface area contributed by atoms with Crippen molar-refractivity contribution in [2.24, 2.45) is 0 Å². The topological polar surface area (TPSA) is 0 Å². The highest BCUT2D eigenvalue weighted by molar-refractivity contribution is 9.30. The summed E-state index contributed by atoms with van der Waals surface area (Å²) in [4.78, 5) is 0. The van der Waals surface area contributed by atoms with Gasteiger partial charge in [0.2, 0.25) is 0 Å². The fraction of sp³-hybridized carbons (Fsp3) is 1.00. The van der Waals surface area contributed by atoms with Crippen molar-refractivity contribution in [3.05, 3.63) is 0 Å². The van der Waals surface area contributed by atoms with Crippen molar-refractivity contribution in [1.29, 1.82) is 0 Å². The molecule has 0 saturated heterocycles. The summed E-state index contributed by atoms with van der Waals surface area (Å²) < 4.78 is -0.920. The molecule has 0 fully saturated rings. The van der Waals surface area contributed by atoms with Gasteiger partial charge in [-0.3, -0.25) is 0 Å². The van der Waals surface area contributed by atoms with Crippen LogP contribution < -0.4 is 0 Å². The maximum Gasteiger partial charge on any atom is 0.178 e. The lowest BCUT2D eigenvalue weighted by molar-refractivity contribution is 0.844. The smallest absolute Gasteiger partial charge is 0.0914 e. The van der Waals surface area contributed by atoms with E-state index in [0.717, 1.165) is 6.42 Å². The summed E-state index contributed by atoms with van der Waals surface area (Å²) in [5.74, 6) is 0. The molecule has 0 saturated carbocycles. The Morgan fingerprint density at radius 3 is 1.56 bits per heavy atom. The Labute approximate surface area is 93.6 Å². The van der Waals surface area contributed by atoms with Gasteiger partial charge < -0.3 is 0 Å². The van der Waals surface area contributed by atoms with E-state index >= 15 is 0 Å². The second kappa shape index (κ2) is 3.74. The Kier molecular flexibility index (Phi) is 4.66. The van der Waals surface area contributed by atoms with Gasteiger partial charge in [-0.05, 0) is 6.42 Å². The third-order valence-corrected chi connectivity index (χ3v) is 7.43. The molecule has 0 spiro atoms. The molecule has 0 atom stereocenters. The zero-order valence-corrected chi connectivity index (χ0v) is 11.7. The average molecular weight is 408 g/mol. The molecule has 0 aliphatic heterocycles. The minimum Gasteiger partial charge on any atom is -0.0914 e. The second-order valence-corrected chi connectivity index (χ2v) is 10.3. The van der Waals surface area contributed by atoms with E-state index in [2.05, 4.69) is 63.7 Å². The SMILES string of the molecule is CCC(Br)(Br)C(Cl)(Br)Br. The van der Waals surface area contributed by atoms with E-state index in [1.165, 1.54) is 0 Å². The third kappa shape index (κ3) is 3.41. The lowest BCUT2D eigenvalue weighted by Gasteiger charge is -2.27. The summed E-state index contributed by atoms with van der Waals surface area (Å²) in [7, 11) is 0. The Morgan fingerprint density at radius 2 is 1.56 bits per heavy atom. The molecular weight excluding hydrogens is 403 g/mol. The van der Waals surface area contributed by atoms with Gasteiger partial charge in [0.1, 0.15) is 3.23 Å². The maximum absolute atomic E-state index is 5.86. The monoisotopic (exact) mass is 404 g/mol. The fourth-order valence-electron chi connectivity index (χ4n) is 0.200. The van der Waals surface area contributed by atoms with Crippen LogP contribution in [-0.2, 0) is 0 Å². The molecule has 0 N–H and O–H groups in total. The standard InChI is InChI=1S/C4H5Br4Cl/c1-2-3(5,6)4(7,8)9/h2H2,1H3. The molecule has 9 heavy (non-hydrogen) atoms. The Hall–Kier alpha value is 2.21. The molecule has 0 rings (SSSR count). The molecule has 0 aliphatic rings. The van der Waals surface area contributed by atoms with E-state index in [4.69, 9.17) is 11.6 Å². The maximum atomic E-state index is 5.86. The first-order chi connectivity index (χ1) is 3.81. The van der Waals surface area contributed by atoms with Crippen LogP contribution in [0.3, 0.4) is 0 Å². The number of hydrogen-bond donors (Lipinski definition) is 0. The molecule has 0 bridgehead atoms. The normalized spacial score (nSPS) is 14.0. The predicted octanol–water partition coefficient (Wildman–Crippen LogP) is 4.56. The number of halogens is 5. The first-order valence-corrected chi connectivity index (χ1v) is 5.81. The van der Waals surface area contributed by atoms with E-state index in [9.17, 15) is 0 Å². The van der Waals surface area contributed by atoms with Crippen molar-refractivity contribution >= 4 is 75.3 Å². The molecule has 5 heteroatoms. The van der Waals surface area contributed by atoms with E-state index in [-0.39, 0.29) is 3.23 Å². The van der Waals surface area contributed by atoms with Crippen LogP contribution in [-0.4, -0.2) is 5.93 Å². The van der Waals surface area contributed by atoms with Gasteiger partial charge in [0, 0.05) is 0 Å². The summed E-state index contributed by atoms with van der Waals surface area (Å²) >= 11 is 19.1. The zero-order valence-electron chi connectivity index (χ0n) is 4.60. The molecule has 0 amide bonds. The fourth-order valence-corrected chi connectivity index (χ4v) is 0.895. The third-order valence-electron chi connectivity index (χ3n) is 0.859. The van der Waals surface area contributed by atoms with Crippen LogP contribution in [0.15, 0.2) is 0 Å². The molecule has 0 unspecified atom stereocenters. The van der Waals surface area contributed by atoms with Crippen molar-refractivity contribution in [2.75, 3.05) is 0 Å². The van der Waals surface area contributed by atoms with E-state index < -0.39 is 2.69 Å². The summed E-state index contributed by atoms with van der Waals surface area (Å²) in [6.45, 7) is 2.02. The minimum absolute atomic E-state index is 0.297. The molecule has 0 aromatic heterocycles. The molecule has 0 aliphatic carbocycles. The Balaban J connectivity index is 4.14. The number of alkyl halides is 5. The first kappa shape index (κ1) is 11.2. The van der Waals surface area contributed by atoms with Crippen LogP contribution in [0.1, 0.15) is 13.3 Å². The quantitative estimate of drug-likeness (QED) is 0.588. The molecule has 0 aromatic rings. The number of rotatable bonds is 2. The minimum atomic E-state index is -0.623. The molecule has 0 nitrogen and oxygen atoms in total. The van der Waals surface area contributed by atoms with Gasteiger partial charge in [0.15, 0.2) is 2.69 Å². The lowest BCUT2D eigenvalue weighted by atomic mass is 10.4. The van der Waals surface area contributed by atoms with Crippen molar-refractivity contribution in [3.8, 4) is 0 Å². The Morgan fingerprint density at radius 1 is 1.22 bits per heavy atom. The van der Waals surface area contributed by atoms with E-state index in [1.807, 2.05) is 6.92 Å². The molecule has 0 heterocycles. The lowest BCUT2D eigenvalue weighted by Crippen LogP contribution is -2.27. The van der Waals surface area contributed by atoms with Gasteiger partial charge in [-0.2, -0.15) is 0 Å². The zero-order chi connectivity index (χ0) is 7.71. The first-order valence-electron chi connectivity index (χ1n) is 2.26. The van der Waals surface area contributed by atoms with Gasteiger partial charge in [-0.1, -0.05) is 82.2 Å². The highest BCUT2D eigenvalue weighted by atomic mass is 79.9. The largest absolute Gasteiger partial charge is 0.178 e. The molecule has 0 aromatic carbocycles. The van der Waals surface area contributed by atoms with Crippen LogP contribution in [0.2, 0.25) is 0 Å². The summed E-state index contributed by atoms with van der Waals surface area (Å²) in [6, 6.07) is 0.